The molecule has 1 amide bonds. The van der Waals surface area contributed by atoms with Crippen molar-refractivity contribution < 1.29 is 19.4 Å². The lowest BCUT2D eigenvalue weighted by Gasteiger charge is -2.39. The first-order valence-electron chi connectivity index (χ1n) is 10.5. The summed E-state index contributed by atoms with van der Waals surface area (Å²) in [4.78, 5) is 16.5. The third-order valence-corrected chi connectivity index (χ3v) is 5.37. The molecule has 32 heavy (non-hydrogen) atoms. The van der Waals surface area contributed by atoms with Crippen LogP contribution in [0.4, 0.5) is 10.5 Å². The van der Waals surface area contributed by atoms with Gasteiger partial charge in [-0.3, -0.25) is 0 Å². The Morgan fingerprint density at radius 2 is 2.06 bits per heavy atom. The van der Waals surface area contributed by atoms with Crippen LogP contribution in [0.3, 0.4) is 0 Å². The molecule has 0 aliphatic heterocycles. The summed E-state index contributed by atoms with van der Waals surface area (Å²) in [7, 11) is 1.50. The van der Waals surface area contributed by atoms with Gasteiger partial charge in [-0.2, -0.15) is 5.26 Å². The first-order chi connectivity index (χ1) is 15.0. The molecule has 6 N–H and O–H groups in total. The van der Waals surface area contributed by atoms with Crippen molar-refractivity contribution in [2.24, 2.45) is 11.7 Å². The van der Waals surface area contributed by atoms with E-state index in [0.717, 1.165) is 12.8 Å². The van der Waals surface area contributed by atoms with E-state index in [1.807, 2.05) is 12.1 Å². The summed E-state index contributed by atoms with van der Waals surface area (Å²) in [6.45, 7) is 5.21. The summed E-state index contributed by atoms with van der Waals surface area (Å²) < 4.78 is 10.5. The third-order valence-electron chi connectivity index (χ3n) is 5.37. The molecule has 0 saturated heterocycles. The first-order valence-corrected chi connectivity index (χ1v) is 10.5. The second kappa shape index (κ2) is 10.4. The van der Waals surface area contributed by atoms with Crippen molar-refractivity contribution in [2.75, 3.05) is 19.5 Å². The van der Waals surface area contributed by atoms with Crippen molar-refractivity contribution in [3.63, 3.8) is 0 Å². The Hall–Kier alpha value is -3.25. The van der Waals surface area contributed by atoms with Gasteiger partial charge in [0.25, 0.3) is 0 Å². The molecule has 1 saturated carbocycles. The maximum absolute atomic E-state index is 12.2. The van der Waals surface area contributed by atoms with E-state index in [9.17, 15) is 15.2 Å². The molecule has 0 bridgehead atoms. The number of rotatable bonds is 6. The summed E-state index contributed by atoms with van der Waals surface area (Å²) >= 11 is 0. The van der Waals surface area contributed by atoms with Crippen molar-refractivity contribution in [1.82, 2.24) is 10.3 Å². The van der Waals surface area contributed by atoms with E-state index in [4.69, 9.17) is 20.9 Å². The predicted molar refractivity (Wildman–Crippen MR) is 122 cm³/mol. The van der Waals surface area contributed by atoms with Crippen LogP contribution in [0.25, 0.3) is 5.57 Å². The molecule has 9 nitrogen and oxygen atoms in total. The Morgan fingerprint density at radius 3 is 2.59 bits per heavy atom. The average Bonchev–Trinajstić information content (AvgIpc) is 2.74. The van der Waals surface area contributed by atoms with Crippen LogP contribution in [-0.4, -0.2) is 41.0 Å². The monoisotopic (exact) mass is 443 g/mol. The normalized spacial score (nSPS) is 22.1. The number of anilines is 1. The Balaban J connectivity index is 2.14. The minimum atomic E-state index is -0.712. The largest absolute Gasteiger partial charge is 0.481 e. The summed E-state index contributed by atoms with van der Waals surface area (Å²) in [6.07, 6.45) is 5.82. The number of hydrogen-bond donors (Lipinski definition) is 4. The number of nitrogens with two attached hydrogens (primary N) is 2. The lowest BCUT2D eigenvalue weighted by atomic mass is 9.76. The molecule has 0 aromatic carbocycles. The van der Waals surface area contributed by atoms with Crippen molar-refractivity contribution in [3.05, 3.63) is 35.7 Å². The van der Waals surface area contributed by atoms with Crippen molar-refractivity contribution in [2.45, 2.75) is 57.6 Å². The van der Waals surface area contributed by atoms with Crippen LogP contribution in [-0.2, 0) is 4.74 Å². The van der Waals surface area contributed by atoms with Crippen LogP contribution in [0.5, 0.6) is 5.88 Å². The van der Waals surface area contributed by atoms with Crippen LogP contribution in [0.1, 0.15) is 52.1 Å². The number of ether oxygens (including phenoxy) is 2. The molecule has 1 aliphatic carbocycles. The van der Waals surface area contributed by atoms with Gasteiger partial charge in [-0.15, -0.1) is 0 Å². The SMILES string of the molecule is COc1ccc(N)c(C(/C=C/C2CCC(CO)(NC(=O)OC(C)(C)C)CC2)=C(\N)C#N)n1. The van der Waals surface area contributed by atoms with Gasteiger partial charge in [-0.1, -0.05) is 12.2 Å². The third kappa shape index (κ3) is 6.62. The Labute approximate surface area is 189 Å². The Kier molecular flexibility index (Phi) is 8.11. The Bertz CT molecular complexity index is 919. The zero-order chi connectivity index (χ0) is 23.9. The number of carbonyl (C=O) groups is 1. The van der Waals surface area contributed by atoms with E-state index in [1.165, 1.54) is 7.11 Å². The van der Waals surface area contributed by atoms with E-state index in [0.29, 0.717) is 35.7 Å². The molecule has 1 aromatic rings. The lowest BCUT2D eigenvalue weighted by Crippen LogP contribution is -2.54. The molecule has 1 heterocycles. The molecule has 1 aromatic heterocycles. The van der Waals surface area contributed by atoms with Crippen LogP contribution < -0.4 is 21.5 Å². The highest BCUT2D eigenvalue weighted by Crippen LogP contribution is 2.34. The molecule has 0 radical (unpaired) electrons. The first kappa shape index (κ1) is 25.0. The molecule has 1 fully saturated rings. The fraction of sp³-hybridized carbons (Fsp3) is 0.522. The van der Waals surface area contributed by atoms with Gasteiger partial charge in [0.15, 0.2) is 0 Å². The average molecular weight is 444 g/mol. The summed E-state index contributed by atoms with van der Waals surface area (Å²) in [5, 5.41) is 22.1. The van der Waals surface area contributed by atoms with Crippen molar-refractivity contribution >= 4 is 17.4 Å². The van der Waals surface area contributed by atoms with Gasteiger partial charge in [0.05, 0.1) is 30.6 Å². The maximum Gasteiger partial charge on any atom is 0.408 e. The number of methoxy groups -OCH3 is 1. The lowest BCUT2D eigenvalue weighted by molar-refractivity contribution is 0.0327. The van der Waals surface area contributed by atoms with Crippen LogP contribution in [0, 0.1) is 17.2 Å². The number of aliphatic hydroxyl groups is 1. The number of allylic oxidation sites excluding steroid dienone is 4. The number of hydrogen-bond acceptors (Lipinski definition) is 8. The number of alkyl carbamates (subject to hydrolysis) is 1. The number of nitrogens with one attached hydrogen (secondary N) is 1. The van der Waals surface area contributed by atoms with E-state index in [2.05, 4.69) is 10.3 Å². The zero-order valence-electron chi connectivity index (χ0n) is 19.1. The zero-order valence-corrected chi connectivity index (χ0v) is 19.1. The van der Waals surface area contributed by atoms with Gasteiger partial charge in [-0.05, 0) is 58.4 Å². The van der Waals surface area contributed by atoms with E-state index in [-0.39, 0.29) is 18.2 Å². The molecule has 9 heteroatoms. The second-order valence-corrected chi connectivity index (χ2v) is 8.99. The molecule has 174 valence electrons. The van der Waals surface area contributed by atoms with E-state index < -0.39 is 17.2 Å². The summed E-state index contributed by atoms with van der Waals surface area (Å²) in [5.41, 5.74) is 11.9. The van der Waals surface area contributed by atoms with Crippen LogP contribution in [0.2, 0.25) is 0 Å². The van der Waals surface area contributed by atoms with Crippen LogP contribution >= 0.6 is 0 Å². The van der Waals surface area contributed by atoms with Crippen molar-refractivity contribution in [1.29, 1.82) is 5.26 Å². The smallest absolute Gasteiger partial charge is 0.408 e. The van der Waals surface area contributed by atoms with E-state index in [1.54, 1.807) is 39.0 Å². The van der Waals surface area contributed by atoms with Gasteiger partial charge in [0.1, 0.15) is 17.4 Å². The van der Waals surface area contributed by atoms with Crippen molar-refractivity contribution in [3.8, 4) is 11.9 Å². The molecule has 0 atom stereocenters. The number of nitrogen functional groups attached to an aromatic ring is 1. The highest BCUT2D eigenvalue weighted by molar-refractivity contribution is 5.82. The van der Waals surface area contributed by atoms with Crippen LogP contribution in [0.15, 0.2) is 30.0 Å². The summed E-state index contributed by atoms with van der Waals surface area (Å²) in [6, 6.07) is 5.24. The second-order valence-electron chi connectivity index (χ2n) is 8.99. The fourth-order valence-corrected chi connectivity index (χ4v) is 3.60. The van der Waals surface area contributed by atoms with Gasteiger partial charge in [-0.25, -0.2) is 9.78 Å². The van der Waals surface area contributed by atoms with Gasteiger partial charge >= 0.3 is 6.09 Å². The highest BCUT2D eigenvalue weighted by Gasteiger charge is 2.36. The number of nitriles is 1. The number of aliphatic hydroxyl groups excluding tert-OH is 1. The number of carbonyl (C=O) groups excluding carboxylic acids is 1. The minimum Gasteiger partial charge on any atom is -0.481 e. The molecule has 1 aliphatic rings. The number of nitrogens with zero attached hydrogens (tertiary/aromatic N) is 2. The Morgan fingerprint density at radius 1 is 1.41 bits per heavy atom. The van der Waals surface area contributed by atoms with Gasteiger partial charge < -0.3 is 31.4 Å². The summed E-state index contributed by atoms with van der Waals surface area (Å²) in [5.74, 6) is 0.535. The quantitative estimate of drug-likeness (QED) is 0.386. The minimum absolute atomic E-state index is 0.000750. The fourth-order valence-electron chi connectivity index (χ4n) is 3.60. The highest BCUT2D eigenvalue weighted by atomic mass is 16.6. The molecular weight excluding hydrogens is 410 g/mol. The topological polar surface area (TPSA) is 157 Å². The number of amides is 1. The molecule has 0 unspecified atom stereocenters. The molecular formula is C23H33N5O4. The maximum atomic E-state index is 12.2. The van der Waals surface area contributed by atoms with Gasteiger partial charge in [0, 0.05) is 11.6 Å². The molecule has 2 rings (SSSR count). The predicted octanol–water partition coefficient (Wildman–Crippen LogP) is 2.87. The van der Waals surface area contributed by atoms with Gasteiger partial charge in [0.2, 0.25) is 5.88 Å². The standard InChI is InChI=1S/C23H33N5O4/c1-22(2,3)32-21(30)28-23(14-29)11-9-15(10-12-23)5-6-16(18(26)13-24)20-17(25)7-8-19(27-20)31-4/h5-8,15,29H,9-12,14,25-26H2,1-4H3,(H,28,30)/b6-5+,18-16-. The molecule has 0 spiro atoms. The number of pyridine rings is 1. The van der Waals surface area contributed by atoms with E-state index >= 15 is 0 Å². The number of aromatic nitrogens is 1.